The van der Waals surface area contributed by atoms with Gasteiger partial charge in [0.25, 0.3) is 0 Å². The molecule has 2 N–H and O–H groups in total. The van der Waals surface area contributed by atoms with Crippen molar-refractivity contribution in [2.75, 3.05) is 40.9 Å². The number of benzene rings is 1. The molecule has 1 fully saturated rings. The molecule has 24 heavy (non-hydrogen) atoms. The third-order valence-electron chi connectivity index (χ3n) is 4.03. The molecule has 0 bridgehead atoms. The molecule has 1 saturated heterocycles. The molecule has 0 spiro atoms. The van der Waals surface area contributed by atoms with Gasteiger partial charge in [-0.05, 0) is 31.8 Å². The van der Waals surface area contributed by atoms with Crippen molar-refractivity contribution < 1.29 is 24.5 Å². The summed E-state index contributed by atoms with van der Waals surface area (Å²) in [4.78, 5) is 14.8. The number of aliphatic hydroxyl groups is 1. The summed E-state index contributed by atoms with van der Waals surface area (Å²) >= 11 is 6.22. The minimum absolute atomic E-state index is 0.0977. The van der Waals surface area contributed by atoms with Crippen LogP contribution in [0, 0.1) is 0 Å². The van der Waals surface area contributed by atoms with E-state index < -0.39 is 18.7 Å². The van der Waals surface area contributed by atoms with Crippen LogP contribution in [0.25, 0.3) is 0 Å². The highest BCUT2D eigenvalue weighted by Crippen LogP contribution is 2.37. The number of carbonyl (C=O) groups is 1. The molecule has 0 aliphatic carbocycles. The number of likely N-dealkylation sites (tertiary alicyclic amines) is 1. The van der Waals surface area contributed by atoms with Crippen LogP contribution in [0.15, 0.2) is 12.1 Å². The summed E-state index contributed by atoms with van der Waals surface area (Å²) in [7, 11) is 5.38. The Labute approximate surface area is 146 Å². The molecule has 0 amide bonds. The Morgan fingerprint density at radius 3 is 2.67 bits per heavy atom. The van der Waals surface area contributed by atoms with Gasteiger partial charge >= 0.3 is 5.97 Å². The van der Waals surface area contributed by atoms with Gasteiger partial charge in [0.2, 0.25) is 0 Å². The maximum atomic E-state index is 10.7. The molecule has 134 valence electrons. The number of β-amino-alcohol motifs (C(OH)–C–C–N with tert-alkyl or cyclic N) is 1. The molecule has 2 atom stereocenters. The fourth-order valence-electron chi connectivity index (χ4n) is 2.88. The number of aliphatic carboxylic acids is 1. The highest BCUT2D eigenvalue weighted by molar-refractivity contribution is 6.32. The second-order valence-corrected chi connectivity index (χ2v) is 6.49. The lowest BCUT2D eigenvalue weighted by Gasteiger charge is -2.22. The number of hydrogen-bond acceptors (Lipinski definition) is 6. The van der Waals surface area contributed by atoms with E-state index in [1.54, 1.807) is 12.1 Å². The van der Waals surface area contributed by atoms with Crippen LogP contribution in [-0.2, 0) is 11.3 Å². The van der Waals surface area contributed by atoms with Crippen LogP contribution >= 0.6 is 11.6 Å². The number of ether oxygens (including phenoxy) is 2. The summed E-state index contributed by atoms with van der Waals surface area (Å²) in [5.74, 6) is -0.474. The standard InChI is InChI=1S/C16H23ClN2O5/c1-18(2)12-7-19(8-13(12)20)6-10-4-11(17)16(14(5-10)23-3)24-9-15(21)22/h4-5,12-13,20H,6-9H2,1-3H3,(H,21,22)/t12-,13-/m0/s1. The summed E-state index contributed by atoms with van der Waals surface area (Å²) < 4.78 is 10.5. The van der Waals surface area contributed by atoms with E-state index in [1.807, 2.05) is 19.0 Å². The normalized spacial score (nSPS) is 21.2. The van der Waals surface area contributed by atoms with Gasteiger partial charge < -0.3 is 24.6 Å². The first-order valence-electron chi connectivity index (χ1n) is 7.59. The van der Waals surface area contributed by atoms with Crippen molar-refractivity contribution in [3.8, 4) is 11.5 Å². The largest absolute Gasteiger partial charge is 0.493 e. The zero-order valence-corrected chi connectivity index (χ0v) is 14.8. The molecule has 1 aliphatic rings. The lowest BCUT2D eigenvalue weighted by Crippen LogP contribution is -2.37. The Morgan fingerprint density at radius 2 is 2.12 bits per heavy atom. The van der Waals surface area contributed by atoms with Gasteiger partial charge in [0.05, 0.1) is 18.2 Å². The molecule has 1 aliphatic heterocycles. The quantitative estimate of drug-likeness (QED) is 0.750. The monoisotopic (exact) mass is 358 g/mol. The van der Waals surface area contributed by atoms with E-state index in [2.05, 4.69) is 4.90 Å². The molecule has 0 radical (unpaired) electrons. The predicted octanol–water partition coefficient (Wildman–Crippen LogP) is 0.919. The van der Waals surface area contributed by atoms with E-state index in [9.17, 15) is 9.90 Å². The first kappa shape index (κ1) is 18.8. The Kier molecular flexibility index (Phi) is 6.28. The molecule has 1 heterocycles. The van der Waals surface area contributed by atoms with E-state index in [4.69, 9.17) is 26.2 Å². The SMILES string of the molecule is COc1cc(CN2C[C@H](O)[C@@H](N(C)C)C2)cc(Cl)c1OCC(=O)O. The number of halogens is 1. The fraction of sp³-hybridized carbons (Fsp3) is 0.562. The number of methoxy groups -OCH3 is 1. The van der Waals surface area contributed by atoms with E-state index in [0.29, 0.717) is 23.9 Å². The summed E-state index contributed by atoms with van der Waals surface area (Å²) in [6.45, 7) is 1.46. The van der Waals surface area contributed by atoms with Crippen molar-refractivity contribution in [2.45, 2.75) is 18.7 Å². The highest BCUT2D eigenvalue weighted by Gasteiger charge is 2.32. The molecular formula is C16H23ClN2O5. The van der Waals surface area contributed by atoms with Gasteiger partial charge in [0.1, 0.15) is 0 Å². The van der Waals surface area contributed by atoms with Gasteiger partial charge in [-0.15, -0.1) is 0 Å². The zero-order chi connectivity index (χ0) is 17.9. The molecule has 1 aromatic carbocycles. The van der Waals surface area contributed by atoms with E-state index in [-0.39, 0.29) is 11.8 Å². The summed E-state index contributed by atoms with van der Waals surface area (Å²) in [5, 5.41) is 19.1. The first-order chi connectivity index (χ1) is 11.3. The average Bonchev–Trinajstić information content (AvgIpc) is 2.86. The predicted molar refractivity (Wildman–Crippen MR) is 89.9 cm³/mol. The minimum Gasteiger partial charge on any atom is -0.493 e. The summed E-state index contributed by atoms with van der Waals surface area (Å²) in [6, 6.07) is 3.61. The van der Waals surface area contributed by atoms with E-state index in [1.165, 1.54) is 7.11 Å². The van der Waals surface area contributed by atoms with Crippen molar-refractivity contribution in [2.24, 2.45) is 0 Å². The van der Waals surface area contributed by atoms with Crippen LogP contribution in [0.4, 0.5) is 0 Å². The third-order valence-corrected chi connectivity index (χ3v) is 4.31. The topological polar surface area (TPSA) is 82.5 Å². The number of carboxylic acids is 1. The van der Waals surface area contributed by atoms with Gasteiger partial charge in [0.15, 0.2) is 18.1 Å². The maximum absolute atomic E-state index is 10.7. The van der Waals surface area contributed by atoms with E-state index in [0.717, 1.165) is 12.1 Å². The van der Waals surface area contributed by atoms with Crippen molar-refractivity contribution in [1.29, 1.82) is 0 Å². The highest BCUT2D eigenvalue weighted by atomic mass is 35.5. The second-order valence-electron chi connectivity index (χ2n) is 6.08. The van der Waals surface area contributed by atoms with Gasteiger partial charge in [-0.3, -0.25) is 4.90 Å². The van der Waals surface area contributed by atoms with Gasteiger partial charge in [-0.25, -0.2) is 4.79 Å². The maximum Gasteiger partial charge on any atom is 0.341 e. The van der Waals surface area contributed by atoms with Gasteiger partial charge in [-0.1, -0.05) is 11.6 Å². The number of likely N-dealkylation sites (N-methyl/N-ethyl adjacent to an activating group) is 1. The van der Waals surface area contributed by atoms with Crippen molar-refractivity contribution >= 4 is 17.6 Å². The molecule has 0 aromatic heterocycles. The fourth-order valence-corrected chi connectivity index (χ4v) is 3.17. The molecule has 8 heteroatoms. The van der Waals surface area contributed by atoms with Crippen molar-refractivity contribution in [1.82, 2.24) is 9.80 Å². The van der Waals surface area contributed by atoms with Crippen molar-refractivity contribution in [3.63, 3.8) is 0 Å². The lowest BCUT2D eigenvalue weighted by atomic mass is 10.2. The Balaban J connectivity index is 2.12. The third kappa shape index (κ3) is 4.51. The van der Waals surface area contributed by atoms with Crippen LogP contribution in [-0.4, -0.2) is 79.0 Å². The van der Waals surface area contributed by atoms with Crippen molar-refractivity contribution in [3.05, 3.63) is 22.7 Å². The smallest absolute Gasteiger partial charge is 0.341 e. The first-order valence-corrected chi connectivity index (χ1v) is 7.97. The zero-order valence-electron chi connectivity index (χ0n) is 14.0. The Bertz CT molecular complexity index is 596. The molecule has 0 saturated carbocycles. The van der Waals surface area contributed by atoms with Crippen LogP contribution in [0.5, 0.6) is 11.5 Å². The number of carboxylic acid groups (broad SMARTS) is 1. The number of nitrogens with zero attached hydrogens (tertiary/aromatic N) is 2. The summed E-state index contributed by atoms with van der Waals surface area (Å²) in [6.07, 6.45) is -0.393. The molecular weight excluding hydrogens is 336 g/mol. The lowest BCUT2D eigenvalue weighted by molar-refractivity contribution is -0.139. The van der Waals surface area contributed by atoms with E-state index >= 15 is 0 Å². The summed E-state index contributed by atoms with van der Waals surface area (Å²) in [5.41, 5.74) is 0.908. The Hall–Kier alpha value is -1.54. The van der Waals surface area contributed by atoms with Crippen LogP contribution in [0.2, 0.25) is 5.02 Å². The van der Waals surface area contributed by atoms with Gasteiger partial charge in [0, 0.05) is 25.7 Å². The number of rotatable bonds is 7. The van der Waals surface area contributed by atoms with Gasteiger partial charge in [-0.2, -0.15) is 0 Å². The Morgan fingerprint density at radius 1 is 1.42 bits per heavy atom. The van der Waals surface area contributed by atoms with Crippen LogP contribution in [0.1, 0.15) is 5.56 Å². The average molecular weight is 359 g/mol. The second kappa shape index (κ2) is 8.02. The molecule has 7 nitrogen and oxygen atoms in total. The molecule has 2 rings (SSSR count). The number of aliphatic hydroxyl groups excluding tert-OH is 1. The number of hydrogen-bond donors (Lipinski definition) is 2. The molecule has 0 unspecified atom stereocenters. The minimum atomic E-state index is -1.09. The van der Waals surface area contributed by atoms with Crippen LogP contribution in [0.3, 0.4) is 0 Å². The van der Waals surface area contributed by atoms with Crippen LogP contribution < -0.4 is 9.47 Å². The molecule has 1 aromatic rings.